The Kier molecular flexibility index (Phi) is 4.85. The number of benzene rings is 1. The number of ether oxygens (including phenoxy) is 2. The van der Waals surface area contributed by atoms with Gasteiger partial charge in [0.2, 0.25) is 0 Å². The Labute approximate surface area is 130 Å². The predicted molar refractivity (Wildman–Crippen MR) is 81.1 cm³/mol. The molecule has 0 saturated carbocycles. The smallest absolute Gasteiger partial charge is 0.326 e. The van der Waals surface area contributed by atoms with Crippen molar-refractivity contribution in [2.75, 3.05) is 13.2 Å². The molecule has 0 aliphatic carbocycles. The molecule has 0 unspecified atom stereocenters. The highest BCUT2D eigenvalue weighted by Crippen LogP contribution is 2.34. The van der Waals surface area contributed by atoms with E-state index in [2.05, 4.69) is 26.6 Å². The van der Waals surface area contributed by atoms with E-state index in [4.69, 9.17) is 9.47 Å². The molecular weight excluding hydrogens is 340 g/mol. The molecule has 112 valence electrons. The van der Waals surface area contributed by atoms with Crippen molar-refractivity contribution in [1.82, 2.24) is 10.6 Å². The second-order valence-electron chi connectivity index (χ2n) is 4.15. The number of hydrogen-bond donors (Lipinski definition) is 2. The molecule has 1 aliphatic rings. The van der Waals surface area contributed by atoms with E-state index in [0.717, 1.165) is 4.47 Å². The largest absolute Gasteiger partial charge is 0.493 e. The third-order valence-corrected chi connectivity index (χ3v) is 3.30. The van der Waals surface area contributed by atoms with Crippen LogP contribution in [-0.2, 0) is 4.79 Å². The minimum atomic E-state index is -0.533. The van der Waals surface area contributed by atoms with Crippen molar-refractivity contribution < 1.29 is 19.1 Å². The minimum absolute atomic E-state index is 0.178. The van der Waals surface area contributed by atoms with Gasteiger partial charge >= 0.3 is 6.03 Å². The van der Waals surface area contributed by atoms with Crippen LogP contribution < -0.4 is 20.1 Å². The number of rotatable bonds is 5. The van der Waals surface area contributed by atoms with Crippen molar-refractivity contribution in [1.29, 1.82) is 0 Å². The van der Waals surface area contributed by atoms with E-state index in [9.17, 15) is 9.59 Å². The third-order valence-electron chi connectivity index (χ3n) is 2.68. The van der Waals surface area contributed by atoms with Gasteiger partial charge < -0.3 is 14.8 Å². The number of nitrogens with one attached hydrogen (secondary N) is 2. The van der Waals surface area contributed by atoms with Crippen molar-refractivity contribution >= 4 is 33.9 Å². The number of amides is 3. The molecule has 0 spiro atoms. The number of urea groups is 1. The Morgan fingerprint density at radius 1 is 1.10 bits per heavy atom. The molecular formula is C14H15BrN2O4. The van der Waals surface area contributed by atoms with Crippen LogP contribution in [0.1, 0.15) is 19.4 Å². The molecule has 0 atom stereocenters. The van der Waals surface area contributed by atoms with Gasteiger partial charge in [-0.3, -0.25) is 10.1 Å². The second-order valence-corrected chi connectivity index (χ2v) is 5.01. The monoisotopic (exact) mass is 354 g/mol. The molecule has 1 heterocycles. The molecule has 7 heteroatoms. The van der Waals surface area contributed by atoms with E-state index in [0.29, 0.717) is 30.3 Å². The Morgan fingerprint density at radius 2 is 1.76 bits per heavy atom. The molecule has 0 radical (unpaired) electrons. The van der Waals surface area contributed by atoms with Crippen LogP contribution in [0.3, 0.4) is 0 Å². The van der Waals surface area contributed by atoms with Crippen molar-refractivity contribution in [3.63, 3.8) is 0 Å². The molecule has 0 aromatic heterocycles. The summed E-state index contributed by atoms with van der Waals surface area (Å²) in [6.07, 6.45) is 1.56. The number of carbonyl (C=O) groups is 2. The number of halogens is 1. The fourth-order valence-electron chi connectivity index (χ4n) is 1.85. The standard InChI is InChI=1S/C14H15BrN2O4/c1-3-20-11-7-12(21-4-2)9(15)5-8(11)6-10-13(18)17-14(19)16-10/h5-7H,3-4H2,1-2H3,(H2,16,17,18,19). The summed E-state index contributed by atoms with van der Waals surface area (Å²) in [4.78, 5) is 22.7. The first-order chi connectivity index (χ1) is 10.0. The number of carbonyl (C=O) groups excluding carboxylic acids is 2. The molecule has 0 bridgehead atoms. The lowest BCUT2D eigenvalue weighted by atomic mass is 10.1. The highest BCUT2D eigenvalue weighted by atomic mass is 79.9. The summed E-state index contributed by atoms with van der Waals surface area (Å²) < 4.78 is 11.8. The fourth-order valence-corrected chi connectivity index (χ4v) is 2.32. The van der Waals surface area contributed by atoms with E-state index in [1.165, 1.54) is 0 Å². The van der Waals surface area contributed by atoms with Gasteiger partial charge in [0, 0.05) is 11.6 Å². The van der Waals surface area contributed by atoms with Crippen LogP contribution in [0.4, 0.5) is 4.79 Å². The molecule has 21 heavy (non-hydrogen) atoms. The quantitative estimate of drug-likeness (QED) is 0.628. The molecule has 1 fully saturated rings. The highest BCUT2D eigenvalue weighted by molar-refractivity contribution is 9.10. The van der Waals surface area contributed by atoms with Crippen LogP contribution in [0, 0.1) is 0 Å². The molecule has 1 aliphatic heterocycles. The van der Waals surface area contributed by atoms with Gasteiger partial charge in [-0.15, -0.1) is 0 Å². The van der Waals surface area contributed by atoms with Crippen LogP contribution in [0.5, 0.6) is 11.5 Å². The molecule has 2 N–H and O–H groups in total. The van der Waals surface area contributed by atoms with Gasteiger partial charge in [0.25, 0.3) is 5.91 Å². The van der Waals surface area contributed by atoms with Gasteiger partial charge in [0.15, 0.2) is 0 Å². The van der Waals surface area contributed by atoms with Crippen molar-refractivity contribution in [3.8, 4) is 11.5 Å². The van der Waals surface area contributed by atoms with E-state index in [1.54, 1.807) is 18.2 Å². The summed E-state index contributed by atoms with van der Waals surface area (Å²) >= 11 is 3.41. The van der Waals surface area contributed by atoms with Crippen LogP contribution >= 0.6 is 15.9 Å². The first kappa shape index (κ1) is 15.4. The maximum atomic E-state index is 11.6. The summed E-state index contributed by atoms with van der Waals surface area (Å²) in [6.45, 7) is 4.76. The Bertz CT molecular complexity index is 613. The van der Waals surface area contributed by atoms with Gasteiger partial charge in [-0.1, -0.05) is 0 Å². The normalized spacial score (nSPS) is 15.9. The average Bonchev–Trinajstić information content (AvgIpc) is 2.73. The third kappa shape index (κ3) is 3.55. The van der Waals surface area contributed by atoms with Crippen LogP contribution in [0.15, 0.2) is 22.3 Å². The maximum absolute atomic E-state index is 11.6. The zero-order chi connectivity index (χ0) is 15.4. The Hall–Kier alpha value is -2.02. The molecule has 6 nitrogen and oxygen atoms in total. The molecule has 3 amide bonds. The second kappa shape index (κ2) is 6.62. The average molecular weight is 355 g/mol. The summed E-state index contributed by atoms with van der Waals surface area (Å²) in [5, 5.41) is 4.59. The van der Waals surface area contributed by atoms with Gasteiger partial charge in [-0.2, -0.15) is 0 Å². The van der Waals surface area contributed by atoms with Crippen LogP contribution in [0.2, 0.25) is 0 Å². The zero-order valence-corrected chi connectivity index (χ0v) is 13.2. The molecule has 1 aromatic carbocycles. The van der Waals surface area contributed by atoms with Gasteiger partial charge in [-0.25, -0.2) is 4.79 Å². The molecule has 2 rings (SSSR count). The van der Waals surface area contributed by atoms with Gasteiger partial charge in [0.05, 0.1) is 17.7 Å². The number of hydrogen-bond acceptors (Lipinski definition) is 4. The van der Waals surface area contributed by atoms with E-state index in [1.807, 2.05) is 13.8 Å². The van der Waals surface area contributed by atoms with E-state index >= 15 is 0 Å². The van der Waals surface area contributed by atoms with Gasteiger partial charge in [0.1, 0.15) is 17.2 Å². The summed E-state index contributed by atoms with van der Waals surface area (Å²) in [6, 6.07) is 2.99. The summed E-state index contributed by atoms with van der Waals surface area (Å²) in [5.74, 6) is 0.765. The molecule has 1 saturated heterocycles. The first-order valence-electron chi connectivity index (χ1n) is 6.48. The molecule has 1 aromatic rings. The SMILES string of the molecule is CCOc1cc(OCC)c(C=C2NC(=O)NC2=O)cc1Br. The highest BCUT2D eigenvalue weighted by Gasteiger charge is 2.23. The Morgan fingerprint density at radius 3 is 2.33 bits per heavy atom. The lowest BCUT2D eigenvalue weighted by molar-refractivity contribution is -0.115. The van der Waals surface area contributed by atoms with E-state index < -0.39 is 11.9 Å². The Balaban J connectivity index is 2.42. The van der Waals surface area contributed by atoms with Crippen molar-refractivity contribution in [2.45, 2.75) is 13.8 Å². The zero-order valence-electron chi connectivity index (χ0n) is 11.7. The lowest BCUT2D eigenvalue weighted by Gasteiger charge is -2.12. The van der Waals surface area contributed by atoms with Crippen LogP contribution in [-0.4, -0.2) is 25.2 Å². The topological polar surface area (TPSA) is 76.7 Å². The minimum Gasteiger partial charge on any atom is -0.493 e. The van der Waals surface area contributed by atoms with Crippen LogP contribution in [0.25, 0.3) is 6.08 Å². The van der Waals surface area contributed by atoms with Crippen molar-refractivity contribution in [2.24, 2.45) is 0 Å². The number of imide groups is 1. The summed E-state index contributed by atoms with van der Waals surface area (Å²) in [5.41, 5.74) is 0.844. The van der Waals surface area contributed by atoms with Crippen molar-refractivity contribution in [3.05, 3.63) is 27.9 Å². The summed E-state index contributed by atoms with van der Waals surface area (Å²) in [7, 11) is 0. The fraction of sp³-hybridized carbons (Fsp3) is 0.286. The van der Waals surface area contributed by atoms with Gasteiger partial charge in [-0.05, 0) is 41.9 Å². The maximum Gasteiger partial charge on any atom is 0.326 e. The first-order valence-corrected chi connectivity index (χ1v) is 7.27. The lowest BCUT2D eigenvalue weighted by Crippen LogP contribution is -2.22. The predicted octanol–water partition coefficient (Wildman–Crippen LogP) is 2.43. The van der Waals surface area contributed by atoms with E-state index in [-0.39, 0.29) is 5.70 Å².